The van der Waals surface area contributed by atoms with Gasteiger partial charge in [-0.3, -0.25) is 9.59 Å². The first-order valence-electron chi connectivity index (χ1n) is 9.38. The maximum atomic E-state index is 12.8. The number of phenolic OH excluding ortho intramolecular Hbond substituents is 1. The fraction of sp³-hybridized carbons (Fsp3) is 0.273. The van der Waals surface area contributed by atoms with Crippen LogP contribution < -0.4 is 4.74 Å². The zero-order valence-electron chi connectivity index (χ0n) is 16.4. The number of nitrogens with zero attached hydrogens (tertiary/aromatic N) is 1. The molecule has 0 radical (unpaired) electrons. The Morgan fingerprint density at radius 1 is 1.03 bits per heavy atom. The van der Waals surface area contributed by atoms with Gasteiger partial charge in [-0.2, -0.15) is 0 Å². The summed E-state index contributed by atoms with van der Waals surface area (Å²) in [4.78, 5) is 26.9. The Bertz CT molecular complexity index is 935. The van der Waals surface area contributed by atoms with Gasteiger partial charge in [-0.15, -0.1) is 0 Å². The highest BCUT2D eigenvalue weighted by molar-refractivity contribution is 6.46. The van der Waals surface area contributed by atoms with Gasteiger partial charge in [0, 0.05) is 12.1 Å². The molecule has 8 nitrogen and oxygen atoms in total. The molecule has 1 atom stereocenters. The lowest BCUT2D eigenvalue weighted by Gasteiger charge is -2.25. The van der Waals surface area contributed by atoms with E-state index in [1.807, 2.05) is 0 Å². The summed E-state index contributed by atoms with van der Waals surface area (Å²) in [6.45, 7) is 0.164. The van der Waals surface area contributed by atoms with Crippen LogP contribution in [0.5, 0.6) is 11.5 Å². The monoisotopic (exact) mass is 413 g/mol. The van der Waals surface area contributed by atoms with Gasteiger partial charge in [0.25, 0.3) is 11.7 Å². The van der Waals surface area contributed by atoms with Crippen molar-refractivity contribution in [2.45, 2.75) is 6.04 Å². The van der Waals surface area contributed by atoms with E-state index in [1.165, 1.54) is 24.1 Å². The number of aliphatic hydroxyl groups is 2. The Morgan fingerprint density at radius 3 is 2.30 bits per heavy atom. The first-order chi connectivity index (χ1) is 14.5. The number of Topliss-reactive ketones (excluding diaryl/α,β-unsaturated/α-hetero) is 1. The molecule has 0 aliphatic carbocycles. The van der Waals surface area contributed by atoms with Crippen molar-refractivity contribution in [3.63, 3.8) is 0 Å². The van der Waals surface area contributed by atoms with E-state index in [4.69, 9.17) is 14.6 Å². The molecule has 1 aliphatic rings. The molecule has 0 bridgehead atoms. The van der Waals surface area contributed by atoms with Crippen LogP contribution >= 0.6 is 0 Å². The van der Waals surface area contributed by atoms with Gasteiger partial charge < -0.3 is 29.7 Å². The van der Waals surface area contributed by atoms with Gasteiger partial charge >= 0.3 is 0 Å². The van der Waals surface area contributed by atoms with E-state index < -0.39 is 17.7 Å². The Hall–Kier alpha value is -3.36. The highest BCUT2D eigenvalue weighted by Gasteiger charge is 2.45. The third-order valence-electron chi connectivity index (χ3n) is 4.82. The molecule has 2 aromatic rings. The van der Waals surface area contributed by atoms with Crippen molar-refractivity contribution < 1.29 is 34.4 Å². The molecule has 1 unspecified atom stereocenters. The van der Waals surface area contributed by atoms with Crippen LogP contribution in [0, 0.1) is 0 Å². The third-order valence-corrected chi connectivity index (χ3v) is 4.82. The summed E-state index contributed by atoms with van der Waals surface area (Å²) >= 11 is 0. The highest BCUT2D eigenvalue weighted by Crippen LogP contribution is 2.39. The lowest BCUT2D eigenvalue weighted by molar-refractivity contribution is -0.140. The van der Waals surface area contributed by atoms with Gasteiger partial charge in [0.15, 0.2) is 0 Å². The van der Waals surface area contributed by atoms with Crippen molar-refractivity contribution in [3.05, 3.63) is 65.2 Å². The summed E-state index contributed by atoms with van der Waals surface area (Å²) in [6.07, 6.45) is 0. The second kappa shape index (κ2) is 9.43. The number of hydrogen-bond donors (Lipinski definition) is 3. The number of methoxy groups -OCH3 is 1. The second-order valence-electron chi connectivity index (χ2n) is 6.65. The summed E-state index contributed by atoms with van der Waals surface area (Å²) in [6, 6.07) is 11.7. The number of likely N-dealkylation sites (tertiary alicyclic amines) is 1. The van der Waals surface area contributed by atoms with Gasteiger partial charge in [0.2, 0.25) is 0 Å². The van der Waals surface area contributed by atoms with E-state index >= 15 is 0 Å². The number of rotatable bonds is 8. The largest absolute Gasteiger partial charge is 0.508 e. The number of aromatic hydroxyl groups is 1. The van der Waals surface area contributed by atoms with Crippen molar-refractivity contribution in [1.82, 2.24) is 4.90 Å². The standard InChI is InChI=1S/C22H23NO7/c1-29-17-8-4-15(5-9-17)20(26)18-19(14-2-6-16(25)7-3-14)23(22(28)21(18)27)10-12-30-13-11-24/h2-9,19,24-26H,10-13H2,1H3. The molecule has 1 saturated heterocycles. The zero-order valence-corrected chi connectivity index (χ0v) is 16.4. The number of ether oxygens (including phenoxy) is 2. The number of carbonyl (C=O) groups is 2. The summed E-state index contributed by atoms with van der Waals surface area (Å²) in [5.74, 6) is -1.23. The highest BCUT2D eigenvalue weighted by atomic mass is 16.5. The predicted molar refractivity (Wildman–Crippen MR) is 108 cm³/mol. The average Bonchev–Trinajstić information content (AvgIpc) is 3.01. The third kappa shape index (κ3) is 4.29. The number of ketones is 1. The van der Waals surface area contributed by atoms with Crippen molar-refractivity contribution in [1.29, 1.82) is 0 Å². The minimum Gasteiger partial charge on any atom is -0.508 e. The quantitative estimate of drug-likeness (QED) is 0.262. The molecule has 1 aliphatic heterocycles. The minimum atomic E-state index is -0.842. The topological polar surface area (TPSA) is 117 Å². The molecule has 3 N–H and O–H groups in total. The van der Waals surface area contributed by atoms with Crippen molar-refractivity contribution in [3.8, 4) is 11.5 Å². The zero-order chi connectivity index (χ0) is 21.7. The van der Waals surface area contributed by atoms with Gasteiger partial charge in [-0.25, -0.2) is 0 Å². The van der Waals surface area contributed by atoms with Gasteiger partial charge in [-0.1, -0.05) is 12.1 Å². The summed E-state index contributed by atoms with van der Waals surface area (Å²) in [5, 5.41) is 29.4. The summed E-state index contributed by atoms with van der Waals surface area (Å²) < 4.78 is 10.4. The molecule has 8 heteroatoms. The molecule has 1 amide bonds. The fourth-order valence-electron chi connectivity index (χ4n) is 3.35. The second-order valence-corrected chi connectivity index (χ2v) is 6.65. The van der Waals surface area contributed by atoms with E-state index in [-0.39, 0.29) is 43.4 Å². The molecule has 1 fully saturated rings. The number of carbonyl (C=O) groups excluding carboxylic acids is 2. The van der Waals surface area contributed by atoms with Gasteiger partial charge in [0.1, 0.15) is 17.3 Å². The van der Waals surface area contributed by atoms with Crippen LogP contribution in [0.1, 0.15) is 17.2 Å². The Kier molecular flexibility index (Phi) is 6.71. The number of benzene rings is 2. The maximum absolute atomic E-state index is 12.8. The van der Waals surface area contributed by atoms with Crippen LogP contribution in [-0.4, -0.2) is 65.4 Å². The molecular formula is C22H23NO7. The molecular weight excluding hydrogens is 390 g/mol. The van der Waals surface area contributed by atoms with E-state index in [9.17, 15) is 19.8 Å². The fourth-order valence-corrected chi connectivity index (χ4v) is 3.35. The molecule has 0 spiro atoms. The van der Waals surface area contributed by atoms with Crippen LogP contribution in [-0.2, 0) is 14.3 Å². The Morgan fingerprint density at radius 2 is 1.70 bits per heavy atom. The summed E-state index contributed by atoms with van der Waals surface area (Å²) in [7, 11) is 1.52. The van der Waals surface area contributed by atoms with Crippen molar-refractivity contribution >= 4 is 17.4 Å². The molecule has 158 valence electrons. The number of amides is 1. The molecule has 0 aromatic heterocycles. The lowest BCUT2D eigenvalue weighted by Crippen LogP contribution is -2.33. The predicted octanol–water partition coefficient (Wildman–Crippen LogP) is 1.83. The van der Waals surface area contributed by atoms with Crippen molar-refractivity contribution in [2.24, 2.45) is 0 Å². The van der Waals surface area contributed by atoms with Crippen LogP contribution in [0.25, 0.3) is 5.76 Å². The Labute approximate surface area is 173 Å². The van der Waals surface area contributed by atoms with Crippen LogP contribution in [0.4, 0.5) is 0 Å². The number of hydrogen-bond acceptors (Lipinski definition) is 7. The van der Waals surface area contributed by atoms with Gasteiger partial charge in [-0.05, 0) is 42.0 Å². The van der Waals surface area contributed by atoms with Gasteiger partial charge in [0.05, 0.1) is 38.5 Å². The first kappa shape index (κ1) is 21.4. The van der Waals surface area contributed by atoms with E-state index in [2.05, 4.69) is 0 Å². The Balaban J connectivity index is 2.04. The number of phenols is 1. The van der Waals surface area contributed by atoms with E-state index in [0.717, 1.165) is 0 Å². The van der Waals surface area contributed by atoms with Crippen LogP contribution in [0.15, 0.2) is 54.1 Å². The smallest absolute Gasteiger partial charge is 0.295 e. The van der Waals surface area contributed by atoms with Crippen LogP contribution in [0.2, 0.25) is 0 Å². The number of aliphatic hydroxyl groups excluding tert-OH is 2. The lowest BCUT2D eigenvalue weighted by atomic mass is 9.95. The van der Waals surface area contributed by atoms with Crippen molar-refractivity contribution in [2.75, 3.05) is 33.5 Å². The molecule has 0 saturated carbocycles. The SMILES string of the molecule is COc1ccc(C(O)=C2C(=O)C(=O)N(CCOCCO)C2c2ccc(O)cc2)cc1. The maximum Gasteiger partial charge on any atom is 0.295 e. The average molecular weight is 413 g/mol. The van der Waals surface area contributed by atoms with E-state index in [1.54, 1.807) is 36.4 Å². The molecule has 1 heterocycles. The normalized spacial score (nSPS) is 18.1. The molecule has 3 rings (SSSR count). The first-order valence-corrected chi connectivity index (χ1v) is 9.38. The molecule has 30 heavy (non-hydrogen) atoms. The van der Waals surface area contributed by atoms with E-state index in [0.29, 0.717) is 16.9 Å². The van der Waals surface area contributed by atoms with Crippen LogP contribution in [0.3, 0.4) is 0 Å². The minimum absolute atomic E-state index is 0.0390. The summed E-state index contributed by atoms with van der Waals surface area (Å²) in [5.41, 5.74) is 0.886. The molecule has 2 aromatic carbocycles.